The lowest BCUT2D eigenvalue weighted by Crippen LogP contribution is -2.44. The maximum Gasteiger partial charge on any atom is 0.494 e. The van der Waals surface area contributed by atoms with Gasteiger partial charge in [-0.2, -0.15) is 8.42 Å². The number of nitrogens with one attached hydrogen (secondary N) is 1. The summed E-state index contributed by atoms with van der Waals surface area (Å²) in [6.45, 7) is 13.0. The third kappa shape index (κ3) is 4.31. The predicted molar refractivity (Wildman–Crippen MR) is 106 cm³/mol. The number of hydrogen-bond donors (Lipinski definition) is 1. The Morgan fingerprint density at radius 1 is 1.15 bits per heavy atom. The third-order valence-electron chi connectivity index (χ3n) is 5.82. The van der Waals surface area contributed by atoms with Crippen molar-refractivity contribution in [3.05, 3.63) is 23.3 Å². The molecule has 2 aliphatic rings. The number of rotatable bonds is 4. The number of piperazine rings is 1. The fourth-order valence-electron chi connectivity index (χ4n) is 3.47. The van der Waals surface area contributed by atoms with Gasteiger partial charge in [-0.05, 0) is 57.3 Å². The summed E-state index contributed by atoms with van der Waals surface area (Å²) < 4.78 is 48.4. The minimum absolute atomic E-state index is 0.443. The Kier molecular flexibility index (Phi) is 5.35. The first-order valence-corrected chi connectivity index (χ1v) is 10.8. The molecule has 2 aliphatic heterocycles. The Balaban J connectivity index is 2.04. The zero-order valence-corrected chi connectivity index (χ0v) is 17.5. The molecule has 0 aliphatic carbocycles. The highest BCUT2D eigenvalue weighted by Crippen LogP contribution is 2.37. The molecule has 9 heteroatoms. The van der Waals surface area contributed by atoms with Crippen LogP contribution in [0.1, 0.15) is 38.8 Å². The normalized spacial score (nSPS) is 22.3. The number of hydrogen-bond acceptors (Lipinski definition) is 6. The van der Waals surface area contributed by atoms with Crippen LogP contribution in [0.4, 0.5) is 9.57 Å². The van der Waals surface area contributed by atoms with Gasteiger partial charge in [0.2, 0.25) is 0 Å². The summed E-state index contributed by atoms with van der Waals surface area (Å²) in [6.07, 6.45) is 0. The molecule has 2 fully saturated rings. The van der Waals surface area contributed by atoms with E-state index in [0.717, 1.165) is 37.4 Å². The van der Waals surface area contributed by atoms with Crippen LogP contribution in [-0.4, -0.2) is 52.9 Å². The van der Waals surface area contributed by atoms with Crippen molar-refractivity contribution in [1.29, 1.82) is 0 Å². The Bertz CT molecular complexity index is 807. The lowest BCUT2D eigenvalue weighted by molar-refractivity contribution is 0.00578. The van der Waals surface area contributed by atoms with Crippen LogP contribution >= 0.6 is 0 Å². The van der Waals surface area contributed by atoms with Crippen LogP contribution in [-0.2, 0) is 25.3 Å². The van der Waals surface area contributed by atoms with Gasteiger partial charge in [0.1, 0.15) is 5.75 Å². The van der Waals surface area contributed by atoms with Crippen LogP contribution in [0.5, 0.6) is 0 Å². The molecule has 1 aromatic carbocycles. The largest absolute Gasteiger partial charge is 0.494 e. The molecule has 150 valence electrons. The summed E-state index contributed by atoms with van der Waals surface area (Å²) in [6, 6.07) is 3.68. The van der Waals surface area contributed by atoms with Gasteiger partial charge in [-0.25, -0.2) is 0 Å². The molecule has 0 bridgehead atoms. The molecule has 0 spiro atoms. The molecule has 2 heterocycles. The van der Waals surface area contributed by atoms with Gasteiger partial charge in [0.05, 0.1) is 11.2 Å². The molecule has 0 aromatic heterocycles. The van der Waals surface area contributed by atoms with Crippen LogP contribution in [0.3, 0.4) is 0 Å². The molecule has 0 saturated carbocycles. The summed E-state index contributed by atoms with van der Waals surface area (Å²) >= 11 is 0. The number of halogens is 1. The monoisotopic (exact) mass is 398 g/mol. The van der Waals surface area contributed by atoms with E-state index in [-0.39, 0.29) is 0 Å². The van der Waals surface area contributed by atoms with E-state index in [2.05, 4.69) is 10.2 Å². The summed E-state index contributed by atoms with van der Waals surface area (Å²) in [7, 11) is -5.27. The van der Waals surface area contributed by atoms with Crippen molar-refractivity contribution < 1.29 is 21.6 Å². The van der Waals surface area contributed by atoms with E-state index in [1.807, 2.05) is 40.7 Å². The highest BCUT2D eigenvalue weighted by Gasteiger charge is 2.52. The van der Waals surface area contributed by atoms with Crippen LogP contribution in [0.25, 0.3) is 0 Å². The second kappa shape index (κ2) is 7.02. The standard InChI is InChI=1S/C18H28BFN2O4S/c1-13-14(12-27(20,23)24)10-15(11-16(13)22-8-6-21-7-9-22)19-25-17(2,3)18(4,5)26-19/h10-11,21H,6-9,12H2,1-5H3. The Labute approximate surface area is 161 Å². The van der Waals surface area contributed by atoms with E-state index < -0.39 is 34.3 Å². The van der Waals surface area contributed by atoms with Gasteiger partial charge in [0.15, 0.2) is 0 Å². The smallest absolute Gasteiger partial charge is 0.399 e. The second-order valence-corrected chi connectivity index (χ2v) is 9.70. The van der Waals surface area contributed by atoms with E-state index in [9.17, 15) is 12.3 Å². The van der Waals surface area contributed by atoms with Gasteiger partial charge in [-0.1, -0.05) is 6.07 Å². The van der Waals surface area contributed by atoms with Crippen molar-refractivity contribution in [3.63, 3.8) is 0 Å². The topological polar surface area (TPSA) is 67.9 Å². The summed E-state index contributed by atoms with van der Waals surface area (Å²) in [4.78, 5) is 2.19. The molecule has 6 nitrogen and oxygen atoms in total. The molecule has 0 unspecified atom stereocenters. The lowest BCUT2D eigenvalue weighted by atomic mass is 9.77. The first kappa shape index (κ1) is 20.6. The first-order valence-electron chi connectivity index (χ1n) is 9.27. The van der Waals surface area contributed by atoms with Gasteiger partial charge >= 0.3 is 17.3 Å². The fourth-order valence-corrected chi connectivity index (χ4v) is 4.14. The summed E-state index contributed by atoms with van der Waals surface area (Å²) in [5.41, 5.74) is 1.82. The summed E-state index contributed by atoms with van der Waals surface area (Å²) in [5.74, 6) is -0.648. The van der Waals surface area contributed by atoms with Gasteiger partial charge in [-0.3, -0.25) is 0 Å². The van der Waals surface area contributed by atoms with Crippen molar-refractivity contribution in [3.8, 4) is 0 Å². The molecule has 0 radical (unpaired) electrons. The average molecular weight is 398 g/mol. The fraction of sp³-hybridized carbons (Fsp3) is 0.667. The van der Waals surface area contributed by atoms with Crippen molar-refractivity contribution in [2.24, 2.45) is 0 Å². The maximum absolute atomic E-state index is 13.5. The molecule has 1 N–H and O–H groups in total. The Hall–Kier alpha value is -1.16. The Morgan fingerprint density at radius 2 is 1.70 bits per heavy atom. The van der Waals surface area contributed by atoms with E-state index >= 15 is 0 Å². The third-order valence-corrected chi connectivity index (χ3v) is 6.48. The molecule has 2 saturated heterocycles. The van der Waals surface area contributed by atoms with Crippen LogP contribution < -0.4 is 15.7 Å². The van der Waals surface area contributed by atoms with Crippen molar-refractivity contribution in [2.45, 2.75) is 51.6 Å². The number of nitrogens with zero attached hydrogens (tertiary/aromatic N) is 1. The van der Waals surface area contributed by atoms with Crippen molar-refractivity contribution in [2.75, 3.05) is 31.1 Å². The molecule has 0 amide bonds. The van der Waals surface area contributed by atoms with Gasteiger partial charge in [0.25, 0.3) is 0 Å². The van der Waals surface area contributed by atoms with Crippen molar-refractivity contribution >= 4 is 28.5 Å². The summed E-state index contributed by atoms with van der Waals surface area (Å²) in [5, 5.41) is 3.30. The van der Waals surface area contributed by atoms with Crippen LogP contribution in [0.2, 0.25) is 0 Å². The maximum atomic E-state index is 13.5. The second-order valence-electron chi connectivity index (χ2n) is 8.33. The van der Waals surface area contributed by atoms with E-state index in [4.69, 9.17) is 9.31 Å². The van der Waals surface area contributed by atoms with E-state index in [0.29, 0.717) is 11.0 Å². The molecular formula is C18H28BFN2O4S. The molecule has 0 atom stereocenters. The highest BCUT2D eigenvalue weighted by atomic mass is 32.3. The highest BCUT2D eigenvalue weighted by molar-refractivity contribution is 7.85. The van der Waals surface area contributed by atoms with Crippen LogP contribution in [0, 0.1) is 6.92 Å². The molecule has 3 rings (SSSR count). The number of anilines is 1. The average Bonchev–Trinajstić information content (AvgIpc) is 2.77. The van der Waals surface area contributed by atoms with Gasteiger partial charge in [-0.15, -0.1) is 3.89 Å². The van der Waals surface area contributed by atoms with Gasteiger partial charge < -0.3 is 19.5 Å². The van der Waals surface area contributed by atoms with Crippen molar-refractivity contribution in [1.82, 2.24) is 5.32 Å². The first-order chi connectivity index (χ1) is 12.4. The predicted octanol–water partition coefficient (Wildman–Crippen LogP) is 1.50. The molecular weight excluding hydrogens is 370 g/mol. The number of benzene rings is 1. The zero-order chi connectivity index (χ0) is 20.0. The molecule has 1 aromatic rings. The quantitative estimate of drug-likeness (QED) is 0.613. The minimum atomic E-state index is -4.65. The van der Waals surface area contributed by atoms with E-state index in [1.165, 1.54) is 0 Å². The molecule has 27 heavy (non-hydrogen) atoms. The SMILES string of the molecule is Cc1c(CS(=O)(=O)F)cc(B2OC(C)(C)C(C)(C)O2)cc1N1CCNCC1. The Morgan fingerprint density at radius 3 is 2.22 bits per heavy atom. The zero-order valence-electron chi connectivity index (χ0n) is 16.6. The van der Waals surface area contributed by atoms with Crippen LogP contribution in [0.15, 0.2) is 12.1 Å². The minimum Gasteiger partial charge on any atom is -0.399 e. The van der Waals surface area contributed by atoms with E-state index in [1.54, 1.807) is 6.07 Å². The lowest BCUT2D eigenvalue weighted by Gasteiger charge is -2.32. The van der Waals surface area contributed by atoms with Gasteiger partial charge in [0, 0.05) is 31.9 Å².